The number of aliphatic hydroxyl groups is 1. The molecule has 0 atom stereocenters. The molecular weight excluding hydrogens is 228 g/mol. The maximum atomic E-state index is 12.5. The van der Waals surface area contributed by atoms with Gasteiger partial charge in [-0.15, -0.1) is 0 Å². The van der Waals surface area contributed by atoms with Crippen molar-refractivity contribution >= 4 is 5.78 Å². The number of Topliss-reactive ketones (excluding diaryl/α,β-unsaturated/α-hetero) is 1. The third-order valence-corrected chi connectivity index (χ3v) is 5.10. The molecular formula is C14H24N2O2. The van der Waals surface area contributed by atoms with Crippen molar-refractivity contribution in [1.82, 2.24) is 9.80 Å². The van der Waals surface area contributed by atoms with Crippen LogP contribution in [0.15, 0.2) is 0 Å². The molecule has 4 aliphatic rings. The number of nitrogens with zero attached hydrogens (tertiary/aromatic N) is 2. The lowest BCUT2D eigenvalue weighted by molar-refractivity contribution is -0.216. The lowest BCUT2D eigenvalue weighted by Crippen LogP contribution is -2.80. The number of hydrogen-bond acceptors (Lipinski definition) is 4. The van der Waals surface area contributed by atoms with Gasteiger partial charge in [0, 0.05) is 31.6 Å². The Morgan fingerprint density at radius 1 is 1.17 bits per heavy atom. The molecule has 4 nitrogen and oxygen atoms in total. The van der Waals surface area contributed by atoms with Crippen molar-refractivity contribution in [3.63, 3.8) is 0 Å². The summed E-state index contributed by atoms with van der Waals surface area (Å²) in [5.74, 6) is 0.447. The third kappa shape index (κ3) is 1.40. The summed E-state index contributed by atoms with van der Waals surface area (Å²) < 4.78 is 0. The number of piperidine rings is 2. The molecule has 4 rings (SSSR count). The van der Waals surface area contributed by atoms with E-state index in [2.05, 4.69) is 37.5 Å². The highest BCUT2D eigenvalue weighted by atomic mass is 16.3. The van der Waals surface area contributed by atoms with Gasteiger partial charge in [0.2, 0.25) is 0 Å². The topological polar surface area (TPSA) is 43.8 Å². The Morgan fingerprint density at radius 3 is 1.89 bits per heavy atom. The van der Waals surface area contributed by atoms with E-state index >= 15 is 0 Å². The minimum absolute atomic E-state index is 0.136. The number of aliphatic hydroxyl groups excluding tert-OH is 1. The Kier molecular flexibility index (Phi) is 2.34. The fourth-order valence-corrected chi connectivity index (χ4v) is 4.67. The number of carbonyl (C=O) groups is 1. The summed E-state index contributed by atoms with van der Waals surface area (Å²) in [5.41, 5.74) is -0.538. The van der Waals surface area contributed by atoms with Crippen molar-refractivity contribution in [3.8, 4) is 0 Å². The fourth-order valence-electron chi connectivity index (χ4n) is 4.67. The first-order chi connectivity index (χ1) is 8.22. The van der Waals surface area contributed by atoms with E-state index in [4.69, 9.17) is 0 Å². The highest BCUT2D eigenvalue weighted by Crippen LogP contribution is 2.50. The summed E-state index contributed by atoms with van der Waals surface area (Å²) in [6.07, 6.45) is 0.275. The van der Waals surface area contributed by atoms with Crippen LogP contribution in [0, 0.1) is 16.2 Å². The Morgan fingerprint density at radius 2 is 1.56 bits per heavy atom. The van der Waals surface area contributed by atoms with Gasteiger partial charge in [-0.2, -0.15) is 0 Å². The van der Waals surface area contributed by atoms with Gasteiger partial charge in [-0.3, -0.25) is 14.6 Å². The first-order valence-electron chi connectivity index (χ1n) is 6.86. The zero-order valence-electron chi connectivity index (χ0n) is 11.9. The van der Waals surface area contributed by atoms with Gasteiger partial charge < -0.3 is 5.11 Å². The molecule has 0 unspecified atom stereocenters. The smallest absolute Gasteiger partial charge is 0.149 e. The van der Waals surface area contributed by atoms with Crippen LogP contribution in [0.2, 0.25) is 0 Å². The minimum Gasteiger partial charge on any atom is -0.396 e. The van der Waals surface area contributed by atoms with Crippen LogP contribution in [0.25, 0.3) is 0 Å². The highest BCUT2D eigenvalue weighted by molar-refractivity contribution is 5.92. The molecule has 102 valence electrons. The Hall–Kier alpha value is -0.450. The average Bonchev–Trinajstić information content (AvgIpc) is 2.24. The van der Waals surface area contributed by atoms with Crippen molar-refractivity contribution in [1.29, 1.82) is 0 Å². The second kappa shape index (κ2) is 3.35. The van der Waals surface area contributed by atoms with E-state index in [1.807, 2.05) is 0 Å². The molecule has 0 spiro atoms. The molecule has 4 aliphatic heterocycles. The Bertz CT molecular complexity index is 365. The SMILES string of the molecule is CC12CN3CC(C)(CN(C1)C3C(C)(C)CO)C2=O. The van der Waals surface area contributed by atoms with E-state index in [0.29, 0.717) is 5.78 Å². The number of ketones is 1. The molecule has 4 heterocycles. The van der Waals surface area contributed by atoms with Crippen molar-refractivity contribution < 1.29 is 9.90 Å². The molecule has 0 aliphatic carbocycles. The summed E-state index contributed by atoms with van der Waals surface area (Å²) in [7, 11) is 0. The summed E-state index contributed by atoms with van der Waals surface area (Å²) in [6.45, 7) is 12.0. The molecule has 0 aromatic carbocycles. The van der Waals surface area contributed by atoms with E-state index in [1.165, 1.54) is 0 Å². The van der Waals surface area contributed by atoms with Gasteiger partial charge >= 0.3 is 0 Å². The molecule has 0 saturated carbocycles. The van der Waals surface area contributed by atoms with Crippen LogP contribution in [0.5, 0.6) is 0 Å². The van der Waals surface area contributed by atoms with Crippen LogP contribution in [0.1, 0.15) is 27.7 Å². The van der Waals surface area contributed by atoms with Crippen LogP contribution in [-0.2, 0) is 4.79 Å². The third-order valence-electron chi connectivity index (χ3n) is 5.10. The highest BCUT2D eigenvalue weighted by Gasteiger charge is 2.63. The lowest BCUT2D eigenvalue weighted by Gasteiger charge is -2.67. The second-order valence-electron chi connectivity index (χ2n) is 7.78. The van der Waals surface area contributed by atoms with Crippen molar-refractivity contribution in [2.24, 2.45) is 16.2 Å². The molecule has 4 heteroatoms. The molecule has 18 heavy (non-hydrogen) atoms. The van der Waals surface area contributed by atoms with Gasteiger partial charge in [-0.05, 0) is 0 Å². The van der Waals surface area contributed by atoms with Gasteiger partial charge in [0.05, 0.1) is 23.6 Å². The standard InChI is InChI=1S/C14H24N2O2/c1-12(2,9-17)11-15-5-13(3)6-16(11)8-14(4,7-15)10(13)18/h11,17H,5-9H2,1-4H3. The lowest BCUT2D eigenvalue weighted by atomic mass is 9.60. The quantitative estimate of drug-likeness (QED) is 0.780. The van der Waals surface area contributed by atoms with Crippen LogP contribution in [0.3, 0.4) is 0 Å². The number of hydrogen-bond donors (Lipinski definition) is 1. The zero-order chi connectivity index (χ0) is 13.3. The van der Waals surface area contributed by atoms with Crippen molar-refractivity contribution in [2.75, 3.05) is 32.8 Å². The monoisotopic (exact) mass is 252 g/mol. The molecule has 4 fully saturated rings. The first kappa shape index (κ1) is 12.6. The van der Waals surface area contributed by atoms with Crippen LogP contribution >= 0.6 is 0 Å². The van der Waals surface area contributed by atoms with Crippen LogP contribution in [0.4, 0.5) is 0 Å². The largest absolute Gasteiger partial charge is 0.396 e. The van der Waals surface area contributed by atoms with E-state index in [-0.39, 0.29) is 29.0 Å². The van der Waals surface area contributed by atoms with Gasteiger partial charge in [0.1, 0.15) is 5.78 Å². The molecule has 0 amide bonds. The number of carbonyl (C=O) groups excluding carboxylic acids is 1. The van der Waals surface area contributed by atoms with Crippen LogP contribution < -0.4 is 0 Å². The van der Waals surface area contributed by atoms with E-state index < -0.39 is 0 Å². The van der Waals surface area contributed by atoms with Gasteiger partial charge in [-0.1, -0.05) is 27.7 Å². The van der Waals surface area contributed by atoms with E-state index in [1.54, 1.807) is 0 Å². The van der Waals surface area contributed by atoms with Gasteiger partial charge in [-0.25, -0.2) is 0 Å². The van der Waals surface area contributed by atoms with Crippen molar-refractivity contribution in [2.45, 2.75) is 33.9 Å². The number of rotatable bonds is 2. The predicted molar refractivity (Wildman–Crippen MR) is 69.0 cm³/mol. The molecule has 0 aromatic rings. The summed E-state index contributed by atoms with van der Waals surface area (Å²) >= 11 is 0. The van der Waals surface area contributed by atoms with Crippen molar-refractivity contribution in [3.05, 3.63) is 0 Å². The average molecular weight is 252 g/mol. The first-order valence-corrected chi connectivity index (χ1v) is 6.86. The molecule has 0 aromatic heterocycles. The van der Waals surface area contributed by atoms with Gasteiger partial charge in [0.25, 0.3) is 0 Å². The zero-order valence-corrected chi connectivity index (χ0v) is 11.9. The summed E-state index contributed by atoms with van der Waals surface area (Å²) in [6, 6.07) is 0. The second-order valence-corrected chi connectivity index (χ2v) is 7.78. The molecule has 4 bridgehead atoms. The molecule has 1 N–H and O–H groups in total. The predicted octanol–water partition coefficient (Wildman–Crippen LogP) is 0.557. The van der Waals surface area contributed by atoms with E-state index in [9.17, 15) is 9.90 Å². The summed E-state index contributed by atoms with van der Waals surface area (Å²) in [5, 5.41) is 9.64. The Labute approximate surface area is 109 Å². The van der Waals surface area contributed by atoms with Gasteiger partial charge in [0.15, 0.2) is 0 Å². The summed E-state index contributed by atoms with van der Waals surface area (Å²) in [4.78, 5) is 17.4. The molecule has 0 radical (unpaired) electrons. The van der Waals surface area contributed by atoms with Crippen LogP contribution in [-0.4, -0.2) is 59.6 Å². The Balaban J connectivity index is 1.98. The fraction of sp³-hybridized carbons (Fsp3) is 0.929. The normalized spacial score (nSPS) is 50.9. The molecule has 4 saturated heterocycles. The maximum absolute atomic E-state index is 12.5. The van der Waals surface area contributed by atoms with E-state index in [0.717, 1.165) is 26.2 Å². The minimum atomic E-state index is -0.201. The maximum Gasteiger partial charge on any atom is 0.149 e.